The fraction of sp³-hybridized carbons (Fsp3) is 0.333. The number of aliphatic hydroxyl groups excluding tert-OH is 1. The van der Waals surface area contributed by atoms with Crippen LogP contribution in [0, 0.1) is 5.92 Å². The van der Waals surface area contributed by atoms with Gasteiger partial charge in [0.25, 0.3) is 5.91 Å². The minimum absolute atomic E-state index is 0.00794. The molecular weight excluding hydrogens is 250 g/mol. The second kappa shape index (κ2) is 4.22. The number of carbonyl (C=O) groups is 1. The second-order valence-electron chi connectivity index (χ2n) is 4.49. The van der Waals surface area contributed by atoms with Crippen LogP contribution in [0.5, 0.6) is 0 Å². The van der Waals surface area contributed by atoms with Crippen LogP contribution in [0.2, 0.25) is 0 Å². The van der Waals surface area contributed by atoms with Gasteiger partial charge in [0.15, 0.2) is 5.13 Å². The van der Waals surface area contributed by atoms with Crippen LogP contribution in [0.4, 0.5) is 5.13 Å². The molecule has 0 saturated carbocycles. The number of likely N-dealkylation sites (tertiary alicyclic amines) is 1. The molecule has 3 N–H and O–H groups in total. The van der Waals surface area contributed by atoms with Gasteiger partial charge in [-0.1, -0.05) is 11.3 Å². The Labute approximate surface area is 108 Å². The number of carbonyl (C=O) groups excluding carboxylic acids is 1. The summed E-state index contributed by atoms with van der Waals surface area (Å²) in [6, 6.07) is 5.42. The van der Waals surface area contributed by atoms with Gasteiger partial charge in [0.05, 0.1) is 10.2 Å². The van der Waals surface area contributed by atoms with E-state index in [1.54, 1.807) is 11.0 Å². The van der Waals surface area contributed by atoms with Crippen LogP contribution in [-0.4, -0.2) is 40.6 Å². The highest BCUT2D eigenvalue weighted by Crippen LogP contribution is 2.26. The Hall–Kier alpha value is -1.66. The van der Waals surface area contributed by atoms with Crippen molar-refractivity contribution < 1.29 is 9.90 Å². The first kappa shape index (κ1) is 11.4. The first-order chi connectivity index (χ1) is 8.67. The molecule has 1 saturated heterocycles. The Morgan fingerprint density at radius 2 is 2.33 bits per heavy atom. The number of thiazole rings is 1. The molecule has 5 nitrogen and oxygen atoms in total. The van der Waals surface area contributed by atoms with Gasteiger partial charge in [-0.2, -0.15) is 0 Å². The molecule has 94 valence electrons. The zero-order chi connectivity index (χ0) is 12.7. The summed E-state index contributed by atoms with van der Waals surface area (Å²) < 4.78 is 0.928. The summed E-state index contributed by atoms with van der Waals surface area (Å²) in [4.78, 5) is 18.0. The SMILES string of the molecule is Nc1nc2ccc(C(=O)N3CC(CO)C3)cc2s1. The van der Waals surface area contributed by atoms with E-state index >= 15 is 0 Å². The van der Waals surface area contributed by atoms with Crippen molar-refractivity contribution in [2.24, 2.45) is 5.92 Å². The maximum atomic E-state index is 12.1. The summed E-state index contributed by atoms with van der Waals surface area (Å²) in [5.74, 6) is 0.241. The van der Waals surface area contributed by atoms with Crippen molar-refractivity contribution >= 4 is 32.6 Å². The smallest absolute Gasteiger partial charge is 0.253 e. The van der Waals surface area contributed by atoms with Crippen molar-refractivity contribution in [1.29, 1.82) is 0 Å². The number of rotatable bonds is 2. The standard InChI is InChI=1S/C12H13N3O2S/c13-12-14-9-2-1-8(3-10(9)18-12)11(17)15-4-7(5-15)6-16/h1-3,7,16H,4-6H2,(H2,13,14). The number of aliphatic hydroxyl groups is 1. The average molecular weight is 263 g/mol. The van der Waals surface area contributed by atoms with E-state index in [1.807, 2.05) is 12.1 Å². The first-order valence-electron chi connectivity index (χ1n) is 5.73. The van der Waals surface area contributed by atoms with Crippen LogP contribution in [0.15, 0.2) is 18.2 Å². The fourth-order valence-corrected chi connectivity index (χ4v) is 2.88. The normalized spacial score (nSPS) is 15.9. The maximum absolute atomic E-state index is 12.1. The van der Waals surface area contributed by atoms with Gasteiger partial charge in [0.1, 0.15) is 0 Å². The lowest BCUT2D eigenvalue weighted by atomic mass is 10.00. The molecule has 6 heteroatoms. The molecule has 3 rings (SSSR count). The summed E-state index contributed by atoms with van der Waals surface area (Å²) in [6.45, 7) is 1.42. The average Bonchev–Trinajstić information content (AvgIpc) is 2.66. The number of aromatic nitrogens is 1. The second-order valence-corrected chi connectivity index (χ2v) is 5.56. The van der Waals surface area contributed by atoms with Gasteiger partial charge in [0, 0.05) is 31.2 Å². The van der Waals surface area contributed by atoms with Crippen LogP contribution in [0.25, 0.3) is 10.2 Å². The van der Waals surface area contributed by atoms with Crippen LogP contribution < -0.4 is 5.73 Å². The van der Waals surface area contributed by atoms with Crippen LogP contribution in [0.3, 0.4) is 0 Å². The minimum Gasteiger partial charge on any atom is -0.396 e. The number of hydrogen-bond acceptors (Lipinski definition) is 5. The van der Waals surface area contributed by atoms with Gasteiger partial charge in [0.2, 0.25) is 0 Å². The monoisotopic (exact) mass is 263 g/mol. The van der Waals surface area contributed by atoms with E-state index in [0.29, 0.717) is 23.8 Å². The summed E-state index contributed by atoms with van der Waals surface area (Å²) in [5, 5.41) is 9.45. The molecule has 0 radical (unpaired) electrons. The van der Waals surface area contributed by atoms with Crippen LogP contribution in [-0.2, 0) is 0 Å². The van der Waals surface area contributed by atoms with Crippen LogP contribution in [0.1, 0.15) is 10.4 Å². The predicted molar refractivity (Wildman–Crippen MR) is 70.5 cm³/mol. The van der Waals surface area contributed by atoms with E-state index in [0.717, 1.165) is 10.2 Å². The first-order valence-corrected chi connectivity index (χ1v) is 6.55. The van der Waals surface area contributed by atoms with Crippen molar-refractivity contribution in [1.82, 2.24) is 9.88 Å². The molecule has 1 amide bonds. The fourth-order valence-electron chi connectivity index (χ4n) is 2.11. The Bertz CT molecular complexity index is 604. The van der Waals surface area contributed by atoms with Gasteiger partial charge >= 0.3 is 0 Å². The molecule has 1 aromatic carbocycles. The number of amides is 1. The topological polar surface area (TPSA) is 79.5 Å². The third-order valence-electron chi connectivity index (χ3n) is 3.15. The van der Waals surface area contributed by atoms with Crippen molar-refractivity contribution in [3.8, 4) is 0 Å². The summed E-state index contributed by atoms with van der Waals surface area (Å²) in [7, 11) is 0. The molecule has 2 aromatic rings. The molecule has 2 heterocycles. The number of nitrogen functional groups attached to an aromatic ring is 1. The van der Waals surface area contributed by atoms with E-state index < -0.39 is 0 Å². The molecule has 0 unspecified atom stereocenters. The predicted octanol–water partition coefficient (Wildman–Crippen LogP) is 0.943. The Kier molecular flexibility index (Phi) is 2.68. The lowest BCUT2D eigenvalue weighted by Crippen LogP contribution is -2.51. The molecule has 18 heavy (non-hydrogen) atoms. The third-order valence-corrected chi connectivity index (χ3v) is 4.00. The molecule has 0 spiro atoms. The molecule has 1 aliphatic rings. The zero-order valence-corrected chi connectivity index (χ0v) is 10.5. The third kappa shape index (κ3) is 1.83. The maximum Gasteiger partial charge on any atom is 0.253 e. The molecule has 0 bridgehead atoms. The quantitative estimate of drug-likeness (QED) is 0.845. The largest absolute Gasteiger partial charge is 0.396 e. The van der Waals surface area contributed by atoms with E-state index in [4.69, 9.17) is 10.8 Å². The number of fused-ring (bicyclic) bond motifs is 1. The number of nitrogens with zero attached hydrogens (tertiary/aromatic N) is 2. The molecule has 1 fully saturated rings. The summed E-state index contributed by atoms with van der Waals surface area (Å²) in [6.07, 6.45) is 0. The highest BCUT2D eigenvalue weighted by molar-refractivity contribution is 7.22. The number of hydrogen-bond donors (Lipinski definition) is 2. The van der Waals surface area contributed by atoms with Gasteiger partial charge in [-0.15, -0.1) is 0 Å². The van der Waals surface area contributed by atoms with Crippen LogP contribution >= 0.6 is 11.3 Å². The Morgan fingerprint density at radius 1 is 1.56 bits per heavy atom. The van der Waals surface area contributed by atoms with Crippen molar-refractivity contribution in [3.63, 3.8) is 0 Å². The van der Waals surface area contributed by atoms with Gasteiger partial charge in [-0.25, -0.2) is 4.98 Å². The number of benzene rings is 1. The minimum atomic E-state index is 0.00794. The van der Waals surface area contributed by atoms with E-state index in [2.05, 4.69) is 4.98 Å². The van der Waals surface area contributed by atoms with Crippen molar-refractivity contribution in [2.75, 3.05) is 25.4 Å². The van der Waals surface area contributed by atoms with Gasteiger partial charge in [-0.3, -0.25) is 4.79 Å². The number of nitrogens with two attached hydrogens (primary N) is 1. The molecular formula is C12H13N3O2S. The lowest BCUT2D eigenvalue weighted by Gasteiger charge is -2.38. The van der Waals surface area contributed by atoms with E-state index in [1.165, 1.54) is 11.3 Å². The molecule has 1 aliphatic heterocycles. The van der Waals surface area contributed by atoms with Crippen molar-refractivity contribution in [3.05, 3.63) is 23.8 Å². The lowest BCUT2D eigenvalue weighted by molar-refractivity contribution is 0.0362. The van der Waals surface area contributed by atoms with Crippen molar-refractivity contribution in [2.45, 2.75) is 0 Å². The van der Waals surface area contributed by atoms with E-state index in [9.17, 15) is 4.79 Å². The van der Waals surface area contributed by atoms with E-state index in [-0.39, 0.29) is 18.4 Å². The summed E-state index contributed by atoms with van der Waals surface area (Å²) >= 11 is 1.38. The molecule has 0 atom stereocenters. The number of anilines is 1. The summed E-state index contributed by atoms with van der Waals surface area (Å²) in [5.41, 5.74) is 7.11. The Balaban J connectivity index is 1.83. The van der Waals surface area contributed by atoms with Gasteiger partial charge < -0.3 is 15.7 Å². The molecule has 1 aromatic heterocycles. The Morgan fingerprint density at radius 3 is 3.06 bits per heavy atom. The molecule has 0 aliphatic carbocycles. The highest BCUT2D eigenvalue weighted by atomic mass is 32.1. The highest BCUT2D eigenvalue weighted by Gasteiger charge is 2.30. The van der Waals surface area contributed by atoms with Gasteiger partial charge in [-0.05, 0) is 18.2 Å². The zero-order valence-electron chi connectivity index (χ0n) is 9.67.